The molecule has 3 N–H and O–H groups in total. The number of quaternary nitrogens is 1. The van der Waals surface area contributed by atoms with Crippen LogP contribution in [0.4, 0.5) is 0 Å². The molecule has 0 bridgehead atoms. The summed E-state index contributed by atoms with van der Waals surface area (Å²) in [5, 5.41) is 21.4. The molecule has 8 nitrogen and oxygen atoms in total. The number of methoxy groups -OCH3 is 2. The van der Waals surface area contributed by atoms with Crippen LogP contribution in [0.15, 0.2) is 42.0 Å². The predicted octanol–water partition coefficient (Wildman–Crippen LogP) is 2.06. The Kier molecular flexibility index (Phi) is 7.83. The van der Waals surface area contributed by atoms with Gasteiger partial charge in [-0.15, -0.1) is 0 Å². The molecule has 34 heavy (non-hydrogen) atoms. The van der Waals surface area contributed by atoms with Gasteiger partial charge in [0.25, 0.3) is 11.7 Å². The Labute approximate surface area is 200 Å². The first-order valence-electron chi connectivity index (χ1n) is 11.4. The van der Waals surface area contributed by atoms with Crippen LogP contribution >= 0.6 is 0 Å². The van der Waals surface area contributed by atoms with E-state index in [2.05, 4.69) is 13.8 Å². The highest BCUT2D eigenvalue weighted by Crippen LogP contribution is 2.42. The van der Waals surface area contributed by atoms with Crippen LogP contribution < -0.4 is 14.4 Å². The molecule has 1 unspecified atom stereocenters. The van der Waals surface area contributed by atoms with Gasteiger partial charge in [0.1, 0.15) is 11.5 Å². The molecule has 0 spiro atoms. The molecule has 0 aromatic heterocycles. The van der Waals surface area contributed by atoms with Crippen molar-refractivity contribution in [1.82, 2.24) is 4.90 Å². The number of aliphatic hydroxyl groups is 1. The number of carbonyl (C=O) groups is 2. The topological polar surface area (TPSA) is 101 Å². The third-order valence-electron chi connectivity index (χ3n) is 6.45. The number of hydrogen-bond donors (Lipinski definition) is 3. The predicted molar refractivity (Wildman–Crippen MR) is 128 cm³/mol. The molecule has 8 heteroatoms. The minimum atomic E-state index is -0.814. The number of hydrogen-bond acceptors (Lipinski definition) is 6. The average Bonchev–Trinajstić information content (AvgIpc) is 3.09. The quantitative estimate of drug-likeness (QED) is 0.295. The summed E-state index contributed by atoms with van der Waals surface area (Å²) in [4.78, 5) is 29.2. The van der Waals surface area contributed by atoms with Gasteiger partial charge in [-0.1, -0.05) is 6.07 Å². The summed E-state index contributed by atoms with van der Waals surface area (Å²) in [6, 6.07) is 9.00. The Hall–Kier alpha value is -3.52. The Morgan fingerprint density at radius 1 is 1.06 bits per heavy atom. The lowest BCUT2D eigenvalue weighted by molar-refractivity contribution is -0.895. The Morgan fingerprint density at radius 3 is 2.35 bits per heavy atom. The molecule has 1 fully saturated rings. The number of ether oxygens (including phenoxy) is 2. The van der Waals surface area contributed by atoms with E-state index in [0.29, 0.717) is 35.5 Å². The van der Waals surface area contributed by atoms with Crippen molar-refractivity contribution >= 4 is 17.4 Å². The highest BCUT2D eigenvalue weighted by molar-refractivity contribution is 6.46. The smallest absolute Gasteiger partial charge is 0.295 e. The summed E-state index contributed by atoms with van der Waals surface area (Å²) in [5.74, 6) is -0.847. The molecular formula is C26H33N2O6+. The van der Waals surface area contributed by atoms with Crippen LogP contribution in [0.25, 0.3) is 5.76 Å². The maximum Gasteiger partial charge on any atom is 0.295 e. The summed E-state index contributed by atoms with van der Waals surface area (Å²) < 4.78 is 10.5. The minimum Gasteiger partial charge on any atom is -0.507 e. The van der Waals surface area contributed by atoms with Gasteiger partial charge in [-0.2, -0.15) is 0 Å². The monoisotopic (exact) mass is 469 g/mol. The molecule has 1 heterocycles. The van der Waals surface area contributed by atoms with Gasteiger partial charge in [0.2, 0.25) is 0 Å². The number of aryl methyl sites for hydroxylation is 1. The second kappa shape index (κ2) is 10.6. The first-order chi connectivity index (χ1) is 16.3. The maximum atomic E-state index is 13.2. The average molecular weight is 470 g/mol. The number of aromatic hydroxyl groups is 1. The number of nitrogens with zero attached hydrogens (tertiary/aromatic N) is 1. The van der Waals surface area contributed by atoms with Crippen LogP contribution in [0.1, 0.15) is 36.6 Å². The van der Waals surface area contributed by atoms with Gasteiger partial charge in [-0.25, -0.2) is 0 Å². The third kappa shape index (κ3) is 4.72. The van der Waals surface area contributed by atoms with E-state index in [1.54, 1.807) is 44.4 Å². The summed E-state index contributed by atoms with van der Waals surface area (Å²) in [5.41, 5.74) is 1.73. The SMILES string of the molecule is CC[NH+](CC)CCN1C(=O)C(=O)C(=C(O)c2ccc(OC)cc2C)C1c1ccc(O)c(OC)c1. The van der Waals surface area contributed by atoms with Gasteiger partial charge >= 0.3 is 0 Å². The van der Waals surface area contributed by atoms with Gasteiger partial charge in [-0.05, 0) is 62.2 Å². The van der Waals surface area contributed by atoms with E-state index >= 15 is 0 Å². The van der Waals surface area contributed by atoms with E-state index in [4.69, 9.17) is 9.47 Å². The van der Waals surface area contributed by atoms with E-state index in [-0.39, 0.29) is 22.8 Å². The highest BCUT2D eigenvalue weighted by Gasteiger charge is 2.46. The van der Waals surface area contributed by atoms with E-state index < -0.39 is 17.7 Å². The van der Waals surface area contributed by atoms with Crippen molar-refractivity contribution < 1.29 is 34.2 Å². The molecular weight excluding hydrogens is 436 g/mol. The molecule has 2 aromatic rings. The van der Waals surface area contributed by atoms with Crippen molar-refractivity contribution in [3.8, 4) is 17.2 Å². The Morgan fingerprint density at radius 2 is 1.76 bits per heavy atom. The van der Waals surface area contributed by atoms with Crippen molar-refractivity contribution in [3.05, 3.63) is 58.7 Å². The van der Waals surface area contributed by atoms with E-state index in [1.807, 2.05) is 0 Å². The highest BCUT2D eigenvalue weighted by atomic mass is 16.5. The third-order valence-corrected chi connectivity index (χ3v) is 6.45. The maximum absolute atomic E-state index is 13.2. The van der Waals surface area contributed by atoms with Crippen molar-refractivity contribution in [1.29, 1.82) is 0 Å². The normalized spacial score (nSPS) is 17.5. The lowest BCUT2D eigenvalue weighted by atomic mass is 9.93. The zero-order valence-electron chi connectivity index (χ0n) is 20.3. The fourth-order valence-corrected chi connectivity index (χ4v) is 4.38. The van der Waals surface area contributed by atoms with Crippen molar-refractivity contribution in [3.63, 3.8) is 0 Å². The molecule has 1 aliphatic rings. The Bertz CT molecular complexity index is 1110. The van der Waals surface area contributed by atoms with Gasteiger partial charge in [0.05, 0.1) is 52.0 Å². The Balaban J connectivity index is 2.17. The first kappa shape index (κ1) is 25.1. The molecule has 1 aliphatic heterocycles. The molecule has 0 aliphatic carbocycles. The van der Waals surface area contributed by atoms with Crippen LogP contribution in [-0.2, 0) is 9.59 Å². The number of phenols is 1. The number of Topliss-reactive ketones (excluding diaryl/α,β-unsaturated/α-hetero) is 1. The molecule has 0 saturated carbocycles. The number of likely N-dealkylation sites (tertiary alicyclic amines) is 1. The lowest BCUT2D eigenvalue weighted by Crippen LogP contribution is -3.12. The number of benzene rings is 2. The number of phenolic OH excluding ortho intramolecular Hbond substituents is 1. The fraction of sp³-hybridized carbons (Fsp3) is 0.385. The number of carbonyl (C=O) groups excluding carboxylic acids is 2. The standard InChI is InChI=1S/C26H32N2O6/c1-6-27(7-2)12-13-28-23(17-8-11-20(29)21(15-17)34-5)22(25(31)26(28)32)24(30)19-10-9-18(33-4)14-16(19)3/h8-11,14-15,23,29-30H,6-7,12-13H2,1-5H3/p+1. The van der Waals surface area contributed by atoms with Crippen molar-refractivity contribution in [2.75, 3.05) is 40.4 Å². The van der Waals surface area contributed by atoms with Crippen LogP contribution in [0.2, 0.25) is 0 Å². The second-order valence-electron chi connectivity index (χ2n) is 8.31. The number of nitrogens with one attached hydrogen (secondary N) is 1. The van der Waals surface area contributed by atoms with Crippen LogP contribution in [0, 0.1) is 6.92 Å². The zero-order valence-corrected chi connectivity index (χ0v) is 20.3. The van der Waals surface area contributed by atoms with Gasteiger partial charge in [-0.3, -0.25) is 9.59 Å². The van der Waals surface area contributed by atoms with Crippen molar-refractivity contribution in [2.45, 2.75) is 26.8 Å². The van der Waals surface area contributed by atoms with Crippen LogP contribution in [-0.4, -0.2) is 67.2 Å². The molecule has 0 radical (unpaired) electrons. The summed E-state index contributed by atoms with van der Waals surface area (Å²) in [7, 11) is 2.98. The number of likely N-dealkylation sites (N-methyl/N-ethyl adjacent to an activating group) is 1. The summed E-state index contributed by atoms with van der Waals surface area (Å²) in [6.45, 7) is 8.73. The largest absolute Gasteiger partial charge is 0.507 e. The fourth-order valence-electron chi connectivity index (χ4n) is 4.38. The van der Waals surface area contributed by atoms with E-state index in [1.165, 1.54) is 23.0 Å². The molecule has 1 amide bonds. The van der Waals surface area contributed by atoms with Gasteiger partial charge in [0.15, 0.2) is 11.5 Å². The number of ketones is 1. The molecule has 1 atom stereocenters. The minimum absolute atomic E-state index is 0.0144. The second-order valence-corrected chi connectivity index (χ2v) is 8.31. The van der Waals surface area contributed by atoms with Crippen LogP contribution in [0.5, 0.6) is 17.2 Å². The molecule has 2 aromatic carbocycles. The van der Waals surface area contributed by atoms with Crippen molar-refractivity contribution in [2.24, 2.45) is 0 Å². The van der Waals surface area contributed by atoms with Crippen LogP contribution in [0.3, 0.4) is 0 Å². The number of rotatable bonds is 9. The van der Waals surface area contributed by atoms with Gasteiger partial charge in [0, 0.05) is 5.56 Å². The first-order valence-corrected chi connectivity index (χ1v) is 11.4. The molecule has 182 valence electrons. The van der Waals surface area contributed by atoms with E-state index in [9.17, 15) is 19.8 Å². The lowest BCUT2D eigenvalue weighted by Gasteiger charge is -2.27. The van der Waals surface area contributed by atoms with E-state index in [0.717, 1.165) is 13.1 Å². The number of aliphatic hydroxyl groups excluding tert-OH is 1. The summed E-state index contributed by atoms with van der Waals surface area (Å²) in [6.07, 6.45) is 0. The zero-order chi connectivity index (χ0) is 25.0. The molecule has 3 rings (SSSR count). The number of amides is 1. The van der Waals surface area contributed by atoms with Gasteiger partial charge < -0.3 is 29.5 Å². The summed E-state index contributed by atoms with van der Waals surface area (Å²) >= 11 is 0. The molecule has 1 saturated heterocycles.